The fraction of sp³-hybridized carbons (Fsp3) is 0.391. The minimum atomic E-state index is -0.199. The Kier molecular flexibility index (Phi) is 5.53. The molecule has 0 radical (unpaired) electrons. The number of amides is 2. The molecule has 30 heavy (non-hydrogen) atoms. The normalized spacial score (nSPS) is 17.8. The van der Waals surface area contributed by atoms with Gasteiger partial charge in [-0.3, -0.25) is 9.59 Å². The van der Waals surface area contributed by atoms with Crippen LogP contribution in [0.25, 0.3) is 0 Å². The summed E-state index contributed by atoms with van der Waals surface area (Å²) in [6.45, 7) is 1.10. The van der Waals surface area contributed by atoms with Crippen LogP contribution < -0.4 is 19.7 Å². The van der Waals surface area contributed by atoms with Crippen molar-refractivity contribution in [2.75, 3.05) is 32.7 Å². The van der Waals surface area contributed by atoms with Crippen LogP contribution in [0.1, 0.15) is 45.5 Å². The molecule has 0 aromatic heterocycles. The van der Waals surface area contributed by atoms with Crippen molar-refractivity contribution >= 4 is 17.5 Å². The van der Waals surface area contributed by atoms with Crippen molar-refractivity contribution in [3.05, 3.63) is 53.1 Å². The number of nitrogens with one attached hydrogen (secondary N) is 1. The van der Waals surface area contributed by atoms with E-state index < -0.39 is 0 Å². The van der Waals surface area contributed by atoms with Gasteiger partial charge in [0.1, 0.15) is 6.17 Å². The van der Waals surface area contributed by atoms with E-state index in [1.54, 1.807) is 26.4 Å². The summed E-state index contributed by atoms with van der Waals surface area (Å²) < 4.78 is 10.7. The number of nitrogens with zero attached hydrogens (tertiary/aromatic N) is 2. The Morgan fingerprint density at radius 3 is 2.77 bits per heavy atom. The Hall–Kier alpha value is -3.22. The zero-order valence-electron chi connectivity index (χ0n) is 17.6. The summed E-state index contributed by atoms with van der Waals surface area (Å²) in [5.41, 5.74) is 2.82. The third-order valence-corrected chi connectivity index (χ3v) is 5.97. The molecule has 158 valence electrons. The molecule has 0 spiro atoms. The number of ether oxygens (including phenoxy) is 2. The lowest BCUT2D eigenvalue weighted by Crippen LogP contribution is -2.55. The first kappa shape index (κ1) is 20.1. The molecule has 0 bridgehead atoms. The highest BCUT2D eigenvalue weighted by Crippen LogP contribution is 2.35. The van der Waals surface area contributed by atoms with Crippen molar-refractivity contribution in [2.45, 2.75) is 32.0 Å². The van der Waals surface area contributed by atoms with Crippen LogP contribution in [0, 0.1) is 0 Å². The molecule has 7 nitrogen and oxygen atoms in total. The quantitative estimate of drug-likeness (QED) is 0.822. The van der Waals surface area contributed by atoms with Gasteiger partial charge >= 0.3 is 0 Å². The van der Waals surface area contributed by atoms with Gasteiger partial charge < -0.3 is 24.6 Å². The summed E-state index contributed by atoms with van der Waals surface area (Å²) in [7, 11) is 5.16. The predicted molar refractivity (Wildman–Crippen MR) is 114 cm³/mol. The van der Waals surface area contributed by atoms with Gasteiger partial charge in [-0.25, -0.2) is 0 Å². The lowest BCUT2D eigenvalue weighted by Gasteiger charge is -2.46. The molecule has 1 saturated heterocycles. The van der Waals surface area contributed by atoms with Crippen molar-refractivity contribution in [3.8, 4) is 11.5 Å². The van der Waals surface area contributed by atoms with E-state index in [0.29, 0.717) is 29.2 Å². The van der Waals surface area contributed by atoms with Gasteiger partial charge in [0.05, 0.1) is 25.5 Å². The molecule has 0 aliphatic carbocycles. The predicted octanol–water partition coefficient (Wildman–Crippen LogP) is 3.04. The fourth-order valence-corrected chi connectivity index (χ4v) is 4.38. The average molecular weight is 409 g/mol. The molecule has 1 fully saturated rings. The molecule has 2 aliphatic heterocycles. The van der Waals surface area contributed by atoms with Crippen molar-refractivity contribution < 1.29 is 19.1 Å². The highest BCUT2D eigenvalue weighted by atomic mass is 16.5. The summed E-state index contributed by atoms with van der Waals surface area (Å²) in [6.07, 6.45) is 3.17. The molecular formula is C23H27N3O4. The zero-order chi connectivity index (χ0) is 21.3. The maximum atomic E-state index is 12.9. The highest BCUT2D eigenvalue weighted by Gasteiger charge is 2.37. The first-order chi connectivity index (χ1) is 14.5. The number of anilines is 1. The number of para-hydroxylation sites is 1. The number of methoxy groups -OCH3 is 2. The van der Waals surface area contributed by atoms with Gasteiger partial charge in [-0.1, -0.05) is 12.1 Å². The molecule has 2 aliphatic rings. The Labute approximate surface area is 176 Å². The van der Waals surface area contributed by atoms with E-state index in [2.05, 4.69) is 10.2 Å². The monoisotopic (exact) mass is 409 g/mol. The van der Waals surface area contributed by atoms with Crippen LogP contribution in [0.15, 0.2) is 36.4 Å². The van der Waals surface area contributed by atoms with Crippen molar-refractivity contribution in [2.24, 2.45) is 0 Å². The smallest absolute Gasteiger partial charge is 0.257 e. The zero-order valence-corrected chi connectivity index (χ0v) is 17.6. The molecule has 1 atom stereocenters. The largest absolute Gasteiger partial charge is 0.493 e. The third kappa shape index (κ3) is 3.44. The van der Waals surface area contributed by atoms with Crippen LogP contribution in [0.4, 0.5) is 5.69 Å². The van der Waals surface area contributed by atoms with Crippen LogP contribution in [-0.4, -0.2) is 50.7 Å². The number of hydrogen-bond donors (Lipinski definition) is 1. The van der Waals surface area contributed by atoms with E-state index in [-0.39, 0.29) is 18.0 Å². The van der Waals surface area contributed by atoms with Gasteiger partial charge in [0.2, 0.25) is 0 Å². The first-order valence-electron chi connectivity index (χ1n) is 10.2. The van der Waals surface area contributed by atoms with E-state index >= 15 is 0 Å². The molecule has 2 heterocycles. The first-order valence-corrected chi connectivity index (χ1v) is 10.2. The Balaban J connectivity index is 1.54. The van der Waals surface area contributed by atoms with Gasteiger partial charge in [-0.2, -0.15) is 0 Å². The Morgan fingerprint density at radius 1 is 1.17 bits per heavy atom. The number of carbonyl (C=O) groups is 2. The maximum absolute atomic E-state index is 12.9. The van der Waals surface area contributed by atoms with Gasteiger partial charge in [-0.05, 0) is 43.5 Å². The number of hydrogen-bond acceptors (Lipinski definition) is 5. The van der Waals surface area contributed by atoms with E-state index in [1.807, 2.05) is 36.2 Å². The molecule has 2 aromatic rings. The number of benzene rings is 2. The van der Waals surface area contributed by atoms with Crippen LogP contribution >= 0.6 is 0 Å². The molecule has 0 saturated carbocycles. The minimum absolute atomic E-state index is 0.0564. The molecule has 7 heteroatoms. The van der Waals surface area contributed by atoms with Gasteiger partial charge in [0, 0.05) is 31.3 Å². The summed E-state index contributed by atoms with van der Waals surface area (Å²) >= 11 is 0. The topological polar surface area (TPSA) is 71.1 Å². The van der Waals surface area contributed by atoms with Gasteiger partial charge in [0.25, 0.3) is 11.8 Å². The van der Waals surface area contributed by atoms with Crippen LogP contribution in [-0.2, 0) is 6.54 Å². The second-order valence-corrected chi connectivity index (χ2v) is 7.65. The molecule has 2 amide bonds. The molecule has 1 N–H and O–H groups in total. The fourth-order valence-electron chi connectivity index (χ4n) is 4.38. The van der Waals surface area contributed by atoms with Crippen molar-refractivity contribution in [1.29, 1.82) is 0 Å². The number of piperidine rings is 1. The van der Waals surface area contributed by atoms with E-state index in [4.69, 9.17) is 9.47 Å². The van der Waals surface area contributed by atoms with Crippen molar-refractivity contribution in [3.63, 3.8) is 0 Å². The number of rotatable bonds is 5. The summed E-state index contributed by atoms with van der Waals surface area (Å²) in [4.78, 5) is 29.8. The second-order valence-electron chi connectivity index (χ2n) is 7.65. The van der Waals surface area contributed by atoms with Gasteiger partial charge in [0.15, 0.2) is 11.5 Å². The second kappa shape index (κ2) is 8.26. The van der Waals surface area contributed by atoms with E-state index in [0.717, 1.165) is 37.1 Å². The summed E-state index contributed by atoms with van der Waals surface area (Å²) in [6, 6.07) is 10.9. The van der Waals surface area contributed by atoms with Crippen LogP contribution in [0.3, 0.4) is 0 Å². The molecule has 0 unspecified atom stereocenters. The lowest BCUT2D eigenvalue weighted by atomic mass is 9.97. The maximum Gasteiger partial charge on any atom is 0.257 e. The van der Waals surface area contributed by atoms with E-state index in [1.165, 1.54) is 0 Å². The SMILES string of the molecule is COc1cccc(CNC(=O)c2ccc3c(c2)N(C)[C@@H]2CCCCN2C3=O)c1OC. The number of fused-ring (bicyclic) bond motifs is 2. The van der Waals surface area contributed by atoms with Crippen LogP contribution in [0.2, 0.25) is 0 Å². The lowest BCUT2D eigenvalue weighted by molar-refractivity contribution is 0.0589. The average Bonchev–Trinajstić information content (AvgIpc) is 2.80. The number of carbonyl (C=O) groups excluding carboxylic acids is 2. The van der Waals surface area contributed by atoms with Crippen molar-refractivity contribution in [1.82, 2.24) is 10.2 Å². The summed E-state index contributed by atoms with van der Waals surface area (Å²) in [5.74, 6) is 1.08. The Bertz CT molecular complexity index is 975. The molecule has 2 aromatic carbocycles. The van der Waals surface area contributed by atoms with Crippen LogP contribution in [0.5, 0.6) is 11.5 Å². The summed E-state index contributed by atoms with van der Waals surface area (Å²) in [5, 5.41) is 2.94. The standard InChI is InChI=1S/C23H27N3O4/c1-25-18-13-15(10-11-17(18)23(28)26-12-5-4-9-20(25)26)22(27)24-14-16-7-6-8-19(29-2)21(16)30-3/h6-8,10-11,13,20H,4-5,9,12,14H2,1-3H3,(H,24,27)/t20-/m0/s1. The third-order valence-electron chi connectivity index (χ3n) is 5.97. The molecular weight excluding hydrogens is 382 g/mol. The highest BCUT2D eigenvalue weighted by molar-refractivity contribution is 6.04. The Morgan fingerprint density at radius 2 is 2.00 bits per heavy atom. The molecule has 4 rings (SSSR count). The minimum Gasteiger partial charge on any atom is -0.493 e. The van der Waals surface area contributed by atoms with Gasteiger partial charge in [-0.15, -0.1) is 0 Å². The van der Waals surface area contributed by atoms with E-state index in [9.17, 15) is 9.59 Å².